The molecule has 1 fully saturated rings. The van der Waals surface area contributed by atoms with Gasteiger partial charge < -0.3 is 15.0 Å². The lowest BCUT2D eigenvalue weighted by Gasteiger charge is -2.17. The minimum absolute atomic E-state index is 0.00889. The van der Waals surface area contributed by atoms with Gasteiger partial charge in [0.1, 0.15) is 0 Å². The predicted octanol–water partition coefficient (Wildman–Crippen LogP) is 4.49. The number of carbonyl (C=O) groups excluding carboxylic acids is 3. The number of carbonyl (C=O) groups is 3. The van der Waals surface area contributed by atoms with Gasteiger partial charge in [-0.3, -0.25) is 14.4 Å². The summed E-state index contributed by atoms with van der Waals surface area (Å²) in [5.41, 5.74) is 1.87. The molecular formula is C20H17Cl3N2O4. The van der Waals surface area contributed by atoms with E-state index in [1.165, 1.54) is 11.0 Å². The van der Waals surface area contributed by atoms with E-state index in [0.717, 1.165) is 5.56 Å². The number of nitrogens with zero attached hydrogens (tertiary/aromatic N) is 1. The molecule has 29 heavy (non-hydrogen) atoms. The van der Waals surface area contributed by atoms with Gasteiger partial charge in [-0.1, -0.05) is 40.9 Å². The number of benzene rings is 2. The average Bonchev–Trinajstić information content (AvgIpc) is 3.06. The molecule has 0 bridgehead atoms. The molecule has 0 aromatic heterocycles. The second kappa shape index (κ2) is 9.03. The number of esters is 1. The maximum Gasteiger partial charge on any atom is 0.311 e. The van der Waals surface area contributed by atoms with E-state index in [4.69, 9.17) is 39.5 Å². The van der Waals surface area contributed by atoms with Crippen molar-refractivity contribution in [3.8, 4) is 0 Å². The van der Waals surface area contributed by atoms with E-state index in [-0.39, 0.29) is 23.9 Å². The average molecular weight is 456 g/mol. The molecule has 0 unspecified atom stereocenters. The molecule has 0 aliphatic carbocycles. The second-order valence-corrected chi connectivity index (χ2v) is 7.87. The summed E-state index contributed by atoms with van der Waals surface area (Å²) in [6, 6.07) is 9.88. The van der Waals surface area contributed by atoms with Crippen LogP contribution in [0.5, 0.6) is 0 Å². The predicted molar refractivity (Wildman–Crippen MR) is 113 cm³/mol. The number of rotatable bonds is 5. The number of anilines is 2. The fraction of sp³-hybridized carbons (Fsp3) is 0.250. The van der Waals surface area contributed by atoms with E-state index in [0.29, 0.717) is 21.4 Å². The molecule has 1 atom stereocenters. The number of nitrogens with one attached hydrogen (secondary N) is 1. The normalized spacial score (nSPS) is 16.1. The van der Waals surface area contributed by atoms with Crippen molar-refractivity contribution < 1.29 is 19.1 Å². The highest BCUT2D eigenvalue weighted by Crippen LogP contribution is 2.29. The van der Waals surface area contributed by atoms with Crippen LogP contribution in [0.1, 0.15) is 12.0 Å². The third-order valence-electron chi connectivity index (χ3n) is 4.48. The van der Waals surface area contributed by atoms with Gasteiger partial charge in [0.15, 0.2) is 6.61 Å². The summed E-state index contributed by atoms with van der Waals surface area (Å²) in [6.45, 7) is 1.54. The summed E-state index contributed by atoms with van der Waals surface area (Å²) in [7, 11) is 0. The van der Waals surface area contributed by atoms with Crippen LogP contribution >= 0.6 is 34.8 Å². The van der Waals surface area contributed by atoms with Crippen molar-refractivity contribution in [2.24, 2.45) is 5.92 Å². The van der Waals surface area contributed by atoms with Crippen molar-refractivity contribution in [3.05, 3.63) is 57.0 Å². The minimum atomic E-state index is -0.658. The summed E-state index contributed by atoms with van der Waals surface area (Å²) < 4.78 is 5.07. The first-order valence-electron chi connectivity index (χ1n) is 8.72. The highest BCUT2D eigenvalue weighted by Gasteiger charge is 2.36. The van der Waals surface area contributed by atoms with Crippen molar-refractivity contribution in [1.82, 2.24) is 0 Å². The Bertz CT molecular complexity index is 980. The number of hydrogen-bond acceptors (Lipinski definition) is 4. The van der Waals surface area contributed by atoms with Gasteiger partial charge in [-0.05, 0) is 42.8 Å². The Morgan fingerprint density at radius 3 is 2.59 bits per heavy atom. The van der Waals surface area contributed by atoms with Crippen LogP contribution in [-0.4, -0.2) is 30.9 Å². The van der Waals surface area contributed by atoms with Crippen molar-refractivity contribution in [1.29, 1.82) is 0 Å². The first kappa shape index (κ1) is 21.4. The van der Waals surface area contributed by atoms with E-state index < -0.39 is 24.4 Å². The van der Waals surface area contributed by atoms with Gasteiger partial charge >= 0.3 is 5.97 Å². The Labute approximate surface area is 182 Å². The topological polar surface area (TPSA) is 75.7 Å². The summed E-state index contributed by atoms with van der Waals surface area (Å²) in [5.74, 6) is -2.02. The lowest BCUT2D eigenvalue weighted by Crippen LogP contribution is -2.28. The Kier molecular flexibility index (Phi) is 6.67. The molecule has 6 nitrogen and oxygen atoms in total. The summed E-state index contributed by atoms with van der Waals surface area (Å²) in [4.78, 5) is 38.1. The van der Waals surface area contributed by atoms with Crippen LogP contribution in [0, 0.1) is 12.8 Å². The maximum absolute atomic E-state index is 12.3. The van der Waals surface area contributed by atoms with E-state index in [1.807, 2.05) is 13.0 Å². The molecule has 1 N–H and O–H groups in total. The molecular weight excluding hydrogens is 439 g/mol. The van der Waals surface area contributed by atoms with E-state index in [9.17, 15) is 14.4 Å². The van der Waals surface area contributed by atoms with Crippen molar-refractivity contribution >= 4 is 64.0 Å². The van der Waals surface area contributed by atoms with E-state index in [1.54, 1.807) is 24.3 Å². The number of aryl methyl sites for hydroxylation is 1. The summed E-state index contributed by atoms with van der Waals surface area (Å²) in [6.07, 6.45) is 0.00889. The second-order valence-electron chi connectivity index (χ2n) is 6.62. The summed E-state index contributed by atoms with van der Waals surface area (Å²) >= 11 is 17.9. The highest BCUT2D eigenvalue weighted by molar-refractivity contribution is 6.36. The third kappa shape index (κ3) is 5.21. The molecule has 1 heterocycles. The zero-order chi connectivity index (χ0) is 21.1. The molecule has 3 rings (SSSR count). The number of hydrogen-bond donors (Lipinski definition) is 1. The van der Waals surface area contributed by atoms with Crippen LogP contribution < -0.4 is 10.2 Å². The molecule has 2 amide bonds. The smallest absolute Gasteiger partial charge is 0.311 e. The standard InChI is InChI=1S/C20H17Cl3N2O4/c1-11-2-4-14(8-15(11)22)25-9-12(6-19(25)27)20(28)29-10-18(26)24-17-5-3-13(21)7-16(17)23/h2-5,7-8,12H,6,9-10H2,1H3,(H,24,26)/t12-/m1/s1. The van der Waals surface area contributed by atoms with Crippen LogP contribution in [0.3, 0.4) is 0 Å². The minimum Gasteiger partial charge on any atom is -0.455 e. The molecule has 1 aliphatic heterocycles. The Morgan fingerprint density at radius 1 is 1.14 bits per heavy atom. The molecule has 9 heteroatoms. The lowest BCUT2D eigenvalue weighted by molar-refractivity contribution is -0.151. The van der Waals surface area contributed by atoms with Gasteiger partial charge in [-0.2, -0.15) is 0 Å². The Balaban J connectivity index is 1.55. The molecule has 0 spiro atoms. The molecule has 152 valence electrons. The van der Waals surface area contributed by atoms with Crippen molar-refractivity contribution in [2.75, 3.05) is 23.4 Å². The molecule has 0 radical (unpaired) electrons. The van der Waals surface area contributed by atoms with Gasteiger partial charge in [0.2, 0.25) is 5.91 Å². The van der Waals surface area contributed by atoms with Gasteiger partial charge in [-0.15, -0.1) is 0 Å². The highest BCUT2D eigenvalue weighted by atomic mass is 35.5. The van der Waals surface area contributed by atoms with Gasteiger partial charge in [0.05, 0.1) is 16.6 Å². The molecule has 1 aliphatic rings. The maximum atomic E-state index is 12.3. The first-order chi connectivity index (χ1) is 13.7. The van der Waals surface area contributed by atoms with E-state index in [2.05, 4.69) is 5.32 Å². The molecule has 0 saturated carbocycles. The van der Waals surface area contributed by atoms with Crippen LogP contribution in [0.2, 0.25) is 15.1 Å². The SMILES string of the molecule is Cc1ccc(N2C[C@H](C(=O)OCC(=O)Nc3ccc(Cl)cc3Cl)CC2=O)cc1Cl. The zero-order valence-corrected chi connectivity index (χ0v) is 17.6. The zero-order valence-electron chi connectivity index (χ0n) is 15.4. The van der Waals surface area contributed by atoms with Gasteiger partial charge in [0.25, 0.3) is 5.91 Å². The van der Waals surface area contributed by atoms with Crippen molar-refractivity contribution in [2.45, 2.75) is 13.3 Å². The Morgan fingerprint density at radius 2 is 1.90 bits per heavy atom. The lowest BCUT2D eigenvalue weighted by atomic mass is 10.1. The number of amides is 2. The van der Waals surface area contributed by atoms with Crippen LogP contribution in [-0.2, 0) is 19.1 Å². The fourth-order valence-corrected chi connectivity index (χ4v) is 3.53. The quantitative estimate of drug-likeness (QED) is 0.674. The first-order valence-corrected chi connectivity index (χ1v) is 9.86. The molecule has 2 aromatic carbocycles. The van der Waals surface area contributed by atoms with Crippen molar-refractivity contribution in [3.63, 3.8) is 0 Å². The van der Waals surface area contributed by atoms with Gasteiger partial charge in [0, 0.05) is 28.7 Å². The largest absolute Gasteiger partial charge is 0.455 e. The molecule has 1 saturated heterocycles. The van der Waals surface area contributed by atoms with Gasteiger partial charge in [-0.25, -0.2) is 0 Å². The molecule has 2 aromatic rings. The van der Waals surface area contributed by atoms with E-state index >= 15 is 0 Å². The van der Waals surface area contributed by atoms with Crippen LogP contribution in [0.4, 0.5) is 11.4 Å². The number of ether oxygens (including phenoxy) is 1. The summed E-state index contributed by atoms with van der Waals surface area (Å²) in [5, 5.41) is 3.78. The monoisotopic (exact) mass is 454 g/mol. The van der Waals surface area contributed by atoms with Crippen LogP contribution in [0.25, 0.3) is 0 Å². The fourth-order valence-electron chi connectivity index (χ4n) is 2.90. The number of halogens is 3. The third-order valence-corrected chi connectivity index (χ3v) is 5.43. The Hall–Kier alpha value is -2.28. The van der Waals surface area contributed by atoms with Crippen LogP contribution in [0.15, 0.2) is 36.4 Å².